The number of primary amides is 1. The molecule has 18 heavy (non-hydrogen) atoms. The molecule has 0 aliphatic heterocycles. The number of rotatable bonds is 5. The normalized spacial score (nSPS) is 13.3. The van der Waals surface area contributed by atoms with E-state index >= 15 is 0 Å². The number of nitrogens with one attached hydrogen (secondary N) is 1. The Bertz CT molecular complexity index is 534. The monoisotopic (exact) mass is 272 g/mol. The van der Waals surface area contributed by atoms with Crippen LogP contribution in [0.25, 0.3) is 0 Å². The molecule has 7 heteroatoms. The average Bonchev–Trinajstić information content (AvgIpc) is 2.24. The van der Waals surface area contributed by atoms with Crippen molar-refractivity contribution in [2.75, 3.05) is 6.54 Å². The summed E-state index contributed by atoms with van der Waals surface area (Å²) in [5.41, 5.74) is 6.45. The van der Waals surface area contributed by atoms with E-state index < -0.39 is 28.6 Å². The van der Waals surface area contributed by atoms with Crippen LogP contribution in [0.15, 0.2) is 23.1 Å². The Balaban J connectivity index is 2.90. The number of aliphatic hydroxyl groups excluding tert-OH is 1. The van der Waals surface area contributed by atoms with Crippen LogP contribution < -0.4 is 10.5 Å². The Kier molecular flexibility index (Phi) is 4.44. The minimum Gasteiger partial charge on any atom is -0.382 e. The zero-order valence-corrected chi connectivity index (χ0v) is 11.0. The van der Waals surface area contributed by atoms with E-state index in [2.05, 4.69) is 4.72 Å². The molecule has 1 rings (SSSR count). The summed E-state index contributed by atoms with van der Waals surface area (Å²) < 4.78 is 25.9. The predicted molar refractivity (Wildman–Crippen MR) is 66.3 cm³/mol. The lowest BCUT2D eigenvalue weighted by Crippen LogP contribution is -2.39. The Morgan fingerprint density at radius 3 is 2.28 bits per heavy atom. The zero-order chi connectivity index (χ0) is 13.9. The third kappa shape index (κ3) is 3.80. The van der Waals surface area contributed by atoms with Crippen LogP contribution in [0.3, 0.4) is 0 Å². The molecule has 6 nitrogen and oxygen atoms in total. The van der Waals surface area contributed by atoms with Crippen molar-refractivity contribution in [3.8, 4) is 0 Å². The van der Waals surface area contributed by atoms with Gasteiger partial charge in [-0.15, -0.1) is 0 Å². The third-order valence-electron chi connectivity index (χ3n) is 2.30. The topological polar surface area (TPSA) is 109 Å². The van der Waals surface area contributed by atoms with E-state index in [9.17, 15) is 13.2 Å². The van der Waals surface area contributed by atoms with Gasteiger partial charge in [-0.25, -0.2) is 13.1 Å². The van der Waals surface area contributed by atoms with E-state index in [4.69, 9.17) is 10.8 Å². The minimum absolute atomic E-state index is 0.0941. The molecule has 0 aromatic heterocycles. The van der Waals surface area contributed by atoms with E-state index in [0.29, 0.717) is 0 Å². The van der Waals surface area contributed by atoms with Crippen molar-refractivity contribution in [2.45, 2.75) is 24.8 Å². The van der Waals surface area contributed by atoms with Crippen molar-refractivity contribution >= 4 is 15.9 Å². The van der Waals surface area contributed by atoms with Gasteiger partial charge in [0.15, 0.2) is 0 Å². The largest absolute Gasteiger partial charge is 0.382 e. The minimum atomic E-state index is -3.75. The lowest BCUT2D eigenvalue weighted by atomic mass is 10.2. The standard InChI is InChI=1S/C11H16N2O4S/c1-7-3-8(2)5-9(4-7)18(16,17)13-6-10(14)11(12)15/h3-5,10,13-14H,6H2,1-2H3,(H2,12,15). The predicted octanol–water partition coefficient (Wildman–Crippen LogP) is -0.572. The average molecular weight is 272 g/mol. The van der Waals surface area contributed by atoms with Crippen molar-refractivity contribution in [2.24, 2.45) is 5.73 Å². The van der Waals surface area contributed by atoms with Gasteiger partial charge in [0.2, 0.25) is 15.9 Å². The van der Waals surface area contributed by atoms with Gasteiger partial charge in [0.1, 0.15) is 6.10 Å². The van der Waals surface area contributed by atoms with Crippen LogP contribution in [-0.2, 0) is 14.8 Å². The smallest absolute Gasteiger partial charge is 0.247 e. The number of nitrogens with two attached hydrogens (primary N) is 1. The van der Waals surface area contributed by atoms with Crippen molar-refractivity contribution in [1.29, 1.82) is 0 Å². The van der Waals surface area contributed by atoms with Gasteiger partial charge in [0.25, 0.3) is 0 Å². The molecule has 0 spiro atoms. The van der Waals surface area contributed by atoms with Crippen LogP contribution in [0.2, 0.25) is 0 Å². The van der Waals surface area contributed by atoms with Gasteiger partial charge in [0, 0.05) is 6.54 Å². The van der Waals surface area contributed by atoms with Gasteiger partial charge < -0.3 is 10.8 Å². The summed E-state index contributed by atoms with van der Waals surface area (Å²) in [6.45, 7) is 3.12. The molecular weight excluding hydrogens is 256 g/mol. The highest BCUT2D eigenvalue weighted by Gasteiger charge is 2.18. The molecule has 4 N–H and O–H groups in total. The molecule has 0 heterocycles. The molecule has 0 saturated heterocycles. The van der Waals surface area contributed by atoms with Gasteiger partial charge in [0.05, 0.1) is 4.90 Å². The molecule has 0 aliphatic carbocycles. The summed E-state index contributed by atoms with van der Waals surface area (Å²) in [5, 5.41) is 9.14. The number of hydrogen-bond donors (Lipinski definition) is 3. The second kappa shape index (κ2) is 5.47. The van der Waals surface area contributed by atoms with Crippen molar-refractivity contribution < 1.29 is 18.3 Å². The lowest BCUT2D eigenvalue weighted by Gasteiger charge is -2.10. The summed E-state index contributed by atoms with van der Waals surface area (Å²) in [5.74, 6) is -0.974. The van der Waals surface area contributed by atoms with Gasteiger partial charge >= 0.3 is 0 Å². The van der Waals surface area contributed by atoms with E-state index in [-0.39, 0.29) is 4.90 Å². The zero-order valence-electron chi connectivity index (χ0n) is 10.2. The van der Waals surface area contributed by atoms with E-state index in [1.54, 1.807) is 13.8 Å². The molecule has 1 unspecified atom stereocenters. The SMILES string of the molecule is Cc1cc(C)cc(S(=O)(=O)NCC(O)C(N)=O)c1. The third-order valence-corrected chi connectivity index (χ3v) is 3.70. The van der Waals surface area contributed by atoms with E-state index in [1.807, 2.05) is 6.07 Å². The number of amides is 1. The molecule has 1 aromatic carbocycles. The number of carbonyl (C=O) groups is 1. The second-order valence-corrected chi connectivity index (χ2v) is 5.86. The van der Waals surface area contributed by atoms with Gasteiger partial charge in [-0.3, -0.25) is 4.79 Å². The van der Waals surface area contributed by atoms with Crippen LogP contribution in [-0.4, -0.2) is 32.1 Å². The molecule has 0 radical (unpaired) electrons. The van der Waals surface area contributed by atoms with Crippen molar-refractivity contribution in [3.05, 3.63) is 29.3 Å². The van der Waals surface area contributed by atoms with Crippen molar-refractivity contribution in [3.63, 3.8) is 0 Å². The molecule has 1 amide bonds. The number of sulfonamides is 1. The first-order chi connectivity index (χ1) is 8.22. The maximum Gasteiger partial charge on any atom is 0.247 e. The first-order valence-electron chi connectivity index (χ1n) is 5.28. The Morgan fingerprint density at radius 2 is 1.83 bits per heavy atom. The number of aliphatic hydroxyl groups is 1. The maximum absolute atomic E-state index is 11.9. The summed E-state index contributed by atoms with van der Waals surface area (Å²) in [6, 6.07) is 4.86. The molecule has 1 aromatic rings. The Hall–Kier alpha value is -1.44. The fraction of sp³-hybridized carbons (Fsp3) is 0.364. The quantitative estimate of drug-likeness (QED) is 0.666. The van der Waals surface area contributed by atoms with Crippen LogP contribution in [0.1, 0.15) is 11.1 Å². The van der Waals surface area contributed by atoms with Crippen molar-refractivity contribution in [1.82, 2.24) is 4.72 Å². The first-order valence-corrected chi connectivity index (χ1v) is 6.76. The Morgan fingerprint density at radius 1 is 1.33 bits per heavy atom. The maximum atomic E-state index is 11.9. The molecule has 100 valence electrons. The number of hydrogen-bond acceptors (Lipinski definition) is 4. The highest BCUT2D eigenvalue weighted by molar-refractivity contribution is 7.89. The summed E-state index contributed by atoms with van der Waals surface area (Å²) in [4.78, 5) is 10.7. The number of carbonyl (C=O) groups excluding carboxylic acids is 1. The highest BCUT2D eigenvalue weighted by Crippen LogP contribution is 2.14. The lowest BCUT2D eigenvalue weighted by molar-refractivity contribution is -0.125. The second-order valence-electron chi connectivity index (χ2n) is 4.09. The van der Waals surface area contributed by atoms with Crippen LogP contribution in [0, 0.1) is 13.8 Å². The van der Waals surface area contributed by atoms with Gasteiger partial charge in [-0.05, 0) is 37.1 Å². The van der Waals surface area contributed by atoms with E-state index in [0.717, 1.165) is 11.1 Å². The number of aryl methyl sites for hydroxylation is 2. The highest BCUT2D eigenvalue weighted by atomic mass is 32.2. The number of benzene rings is 1. The molecule has 0 bridgehead atoms. The molecule has 0 fully saturated rings. The fourth-order valence-electron chi connectivity index (χ4n) is 1.46. The van der Waals surface area contributed by atoms with E-state index in [1.165, 1.54) is 12.1 Å². The molecule has 0 aliphatic rings. The van der Waals surface area contributed by atoms with Gasteiger partial charge in [-0.1, -0.05) is 6.07 Å². The summed E-state index contributed by atoms with van der Waals surface area (Å²) >= 11 is 0. The first kappa shape index (κ1) is 14.6. The van der Waals surface area contributed by atoms with Gasteiger partial charge in [-0.2, -0.15) is 0 Å². The molecule has 0 saturated carbocycles. The summed E-state index contributed by atoms with van der Waals surface area (Å²) in [6.07, 6.45) is -1.54. The molecule has 1 atom stereocenters. The van der Waals surface area contributed by atoms with Crippen LogP contribution in [0.4, 0.5) is 0 Å². The fourth-order valence-corrected chi connectivity index (χ4v) is 2.69. The van der Waals surface area contributed by atoms with Crippen LogP contribution >= 0.6 is 0 Å². The Labute approximate surface area is 106 Å². The molecular formula is C11H16N2O4S. The summed E-state index contributed by atoms with van der Waals surface area (Å²) in [7, 11) is -3.75. The van der Waals surface area contributed by atoms with Crippen LogP contribution in [0.5, 0.6) is 0 Å².